The minimum absolute atomic E-state index is 0.0528. The van der Waals surface area contributed by atoms with Crippen LogP contribution in [0.2, 0.25) is 0 Å². The molecule has 10 heteroatoms. The number of hydrogen-bond donors (Lipinski definition) is 4. The van der Waals surface area contributed by atoms with E-state index in [2.05, 4.69) is 26.2 Å². The molecule has 33 heavy (non-hydrogen) atoms. The van der Waals surface area contributed by atoms with Gasteiger partial charge in [-0.05, 0) is 28.0 Å². The van der Waals surface area contributed by atoms with Gasteiger partial charge in [-0.1, -0.05) is 60.7 Å². The van der Waals surface area contributed by atoms with E-state index in [1.165, 1.54) is 0 Å². The number of tetrazole rings is 1. The number of hydrogen-bond acceptors (Lipinski definition) is 7. The Bertz CT molecular complexity index is 1010. The van der Waals surface area contributed by atoms with Gasteiger partial charge in [-0.15, -0.1) is 5.10 Å². The minimum atomic E-state index is -1.07. The smallest absolute Gasteiger partial charge is 0.306 e. The largest absolute Gasteiger partial charge is 0.481 e. The topological polar surface area (TPSA) is 142 Å². The number of rotatable bonds is 13. The van der Waals surface area contributed by atoms with Crippen molar-refractivity contribution < 1.29 is 19.8 Å². The van der Waals surface area contributed by atoms with Crippen molar-refractivity contribution >= 4 is 11.9 Å². The molecule has 0 bridgehead atoms. The number of carbonyl (C=O) groups excluding carboxylic acids is 1. The lowest BCUT2D eigenvalue weighted by Gasteiger charge is -2.20. The molecule has 1 unspecified atom stereocenters. The van der Waals surface area contributed by atoms with Gasteiger partial charge in [0.1, 0.15) is 0 Å². The molecular weight excluding hydrogens is 424 g/mol. The second kappa shape index (κ2) is 12.4. The Balaban J connectivity index is 1.58. The van der Waals surface area contributed by atoms with Crippen LogP contribution in [-0.2, 0) is 22.7 Å². The number of aliphatic carboxylic acids is 1. The highest BCUT2D eigenvalue weighted by molar-refractivity contribution is 5.75. The molecule has 0 saturated heterocycles. The van der Waals surface area contributed by atoms with Crippen molar-refractivity contribution in [2.45, 2.75) is 44.5 Å². The first kappa shape index (κ1) is 24.0. The predicted molar refractivity (Wildman–Crippen MR) is 120 cm³/mol. The summed E-state index contributed by atoms with van der Waals surface area (Å²) >= 11 is 0. The van der Waals surface area contributed by atoms with Crippen LogP contribution >= 0.6 is 0 Å². The Kier molecular flexibility index (Phi) is 9.04. The number of benzene rings is 2. The zero-order chi connectivity index (χ0) is 23.5. The van der Waals surface area contributed by atoms with Gasteiger partial charge < -0.3 is 20.8 Å². The summed E-state index contributed by atoms with van der Waals surface area (Å²) < 4.78 is 1.62. The third-order valence-corrected chi connectivity index (χ3v) is 5.02. The van der Waals surface area contributed by atoms with E-state index in [0.717, 1.165) is 11.1 Å². The van der Waals surface area contributed by atoms with E-state index in [1.807, 2.05) is 60.7 Å². The van der Waals surface area contributed by atoms with Crippen LogP contribution in [0.5, 0.6) is 0 Å². The number of carbonyl (C=O) groups is 2. The SMILES string of the molecule is O=C(O)CC(O)CN[C@@H](c1ccccc1)c1nnnn1CCCC(=O)NCc1ccccc1. The lowest BCUT2D eigenvalue weighted by molar-refractivity contribution is -0.139. The third-order valence-electron chi connectivity index (χ3n) is 5.02. The van der Waals surface area contributed by atoms with Gasteiger partial charge in [0.25, 0.3) is 0 Å². The van der Waals surface area contributed by atoms with Gasteiger partial charge in [0.05, 0.1) is 18.6 Å². The Labute approximate surface area is 191 Å². The Morgan fingerprint density at radius 3 is 2.42 bits per heavy atom. The van der Waals surface area contributed by atoms with Crippen molar-refractivity contribution in [3.63, 3.8) is 0 Å². The molecule has 0 aliphatic rings. The van der Waals surface area contributed by atoms with E-state index in [9.17, 15) is 14.7 Å². The van der Waals surface area contributed by atoms with E-state index in [4.69, 9.17) is 5.11 Å². The van der Waals surface area contributed by atoms with Gasteiger partial charge in [0.15, 0.2) is 5.82 Å². The summed E-state index contributed by atoms with van der Waals surface area (Å²) in [5, 5.41) is 36.9. The Hall–Kier alpha value is -3.63. The van der Waals surface area contributed by atoms with Crippen molar-refractivity contribution in [1.82, 2.24) is 30.8 Å². The molecule has 3 rings (SSSR count). The molecule has 1 amide bonds. The summed E-state index contributed by atoms with van der Waals surface area (Å²) in [6, 6.07) is 18.7. The summed E-state index contributed by atoms with van der Waals surface area (Å²) in [5.74, 6) is -0.604. The lowest BCUT2D eigenvalue weighted by Crippen LogP contribution is -2.34. The van der Waals surface area contributed by atoms with Crippen LogP contribution in [0.1, 0.15) is 42.3 Å². The maximum Gasteiger partial charge on any atom is 0.306 e. The van der Waals surface area contributed by atoms with Gasteiger partial charge in [0.2, 0.25) is 5.91 Å². The first-order valence-corrected chi connectivity index (χ1v) is 10.8. The normalized spacial score (nSPS) is 12.8. The molecule has 2 aromatic carbocycles. The van der Waals surface area contributed by atoms with Crippen LogP contribution in [0.4, 0.5) is 0 Å². The van der Waals surface area contributed by atoms with E-state index in [1.54, 1.807) is 4.68 Å². The molecule has 0 fully saturated rings. The molecule has 0 aliphatic heterocycles. The molecule has 0 spiro atoms. The standard InChI is InChI=1S/C23H28N6O4/c30-19(14-21(32)33)16-25-22(18-10-5-2-6-11-18)23-26-27-28-29(23)13-7-12-20(31)24-15-17-8-3-1-4-9-17/h1-6,8-11,19,22,25,30H,7,12-16H2,(H,24,31)(H,32,33)/t19?,22-/m0/s1. The van der Waals surface area contributed by atoms with Crippen LogP contribution in [-0.4, -0.2) is 54.9 Å². The zero-order valence-electron chi connectivity index (χ0n) is 18.2. The second-order valence-electron chi connectivity index (χ2n) is 7.63. The van der Waals surface area contributed by atoms with Gasteiger partial charge in [-0.2, -0.15) is 0 Å². The van der Waals surface area contributed by atoms with Gasteiger partial charge in [-0.3, -0.25) is 9.59 Å². The fourth-order valence-corrected chi connectivity index (χ4v) is 3.38. The minimum Gasteiger partial charge on any atom is -0.481 e. The number of carboxylic acid groups (broad SMARTS) is 1. The van der Waals surface area contributed by atoms with Crippen molar-refractivity contribution in [3.8, 4) is 0 Å². The van der Waals surface area contributed by atoms with Crippen LogP contribution in [0.3, 0.4) is 0 Å². The van der Waals surface area contributed by atoms with Crippen molar-refractivity contribution in [2.75, 3.05) is 6.54 Å². The highest BCUT2D eigenvalue weighted by Gasteiger charge is 2.22. The summed E-state index contributed by atoms with van der Waals surface area (Å²) in [6.45, 7) is 0.971. The fourth-order valence-electron chi connectivity index (χ4n) is 3.38. The van der Waals surface area contributed by atoms with Crippen molar-refractivity contribution in [2.24, 2.45) is 0 Å². The first-order chi connectivity index (χ1) is 16.0. The molecule has 0 saturated carbocycles. The van der Waals surface area contributed by atoms with E-state index in [-0.39, 0.29) is 18.9 Å². The molecular formula is C23H28N6O4. The molecule has 1 heterocycles. The highest BCUT2D eigenvalue weighted by atomic mass is 16.4. The second-order valence-corrected chi connectivity index (χ2v) is 7.63. The van der Waals surface area contributed by atoms with E-state index < -0.39 is 18.1 Å². The van der Waals surface area contributed by atoms with Crippen LogP contribution < -0.4 is 10.6 Å². The number of aliphatic hydroxyl groups excluding tert-OH is 1. The number of aromatic nitrogens is 4. The van der Waals surface area contributed by atoms with E-state index >= 15 is 0 Å². The number of nitrogens with one attached hydrogen (secondary N) is 2. The quantitative estimate of drug-likeness (QED) is 0.304. The van der Waals surface area contributed by atoms with Crippen molar-refractivity contribution in [1.29, 1.82) is 0 Å². The average Bonchev–Trinajstić information content (AvgIpc) is 3.27. The van der Waals surface area contributed by atoms with Crippen molar-refractivity contribution in [3.05, 3.63) is 77.6 Å². The molecule has 1 aromatic heterocycles. The van der Waals surface area contributed by atoms with Gasteiger partial charge in [0, 0.05) is 26.1 Å². The van der Waals surface area contributed by atoms with Gasteiger partial charge >= 0.3 is 5.97 Å². The monoisotopic (exact) mass is 452 g/mol. The summed E-state index contributed by atoms with van der Waals surface area (Å²) in [7, 11) is 0. The zero-order valence-corrected chi connectivity index (χ0v) is 18.2. The Morgan fingerprint density at radius 2 is 1.73 bits per heavy atom. The predicted octanol–water partition coefficient (Wildman–Crippen LogP) is 1.28. The molecule has 174 valence electrons. The third kappa shape index (κ3) is 7.78. The van der Waals surface area contributed by atoms with Gasteiger partial charge in [-0.25, -0.2) is 4.68 Å². The lowest BCUT2D eigenvalue weighted by atomic mass is 10.1. The first-order valence-electron chi connectivity index (χ1n) is 10.8. The molecule has 4 N–H and O–H groups in total. The maximum atomic E-state index is 12.2. The molecule has 0 radical (unpaired) electrons. The average molecular weight is 453 g/mol. The molecule has 10 nitrogen and oxygen atoms in total. The molecule has 3 aromatic rings. The number of aryl methyl sites for hydroxylation is 1. The number of amides is 1. The molecule has 2 atom stereocenters. The summed E-state index contributed by atoms with van der Waals surface area (Å²) in [4.78, 5) is 23.0. The maximum absolute atomic E-state index is 12.2. The number of carboxylic acids is 1. The van der Waals surface area contributed by atoms with Crippen LogP contribution in [0, 0.1) is 0 Å². The van der Waals surface area contributed by atoms with Crippen LogP contribution in [0.25, 0.3) is 0 Å². The highest BCUT2D eigenvalue weighted by Crippen LogP contribution is 2.20. The number of nitrogens with zero attached hydrogens (tertiary/aromatic N) is 4. The fraction of sp³-hybridized carbons (Fsp3) is 0.348. The summed E-state index contributed by atoms with van der Waals surface area (Å²) in [6.07, 6.45) is -0.543. The number of aliphatic hydroxyl groups is 1. The Morgan fingerprint density at radius 1 is 1.03 bits per heavy atom. The van der Waals surface area contributed by atoms with E-state index in [0.29, 0.717) is 31.8 Å². The van der Waals surface area contributed by atoms with Crippen LogP contribution in [0.15, 0.2) is 60.7 Å². The summed E-state index contributed by atoms with van der Waals surface area (Å²) in [5.41, 5.74) is 1.91. The molecule has 0 aliphatic carbocycles.